The minimum atomic E-state index is -0.335. The van der Waals surface area contributed by atoms with Crippen molar-refractivity contribution in [2.75, 3.05) is 7.05 Å². The summed E-state index contributed by atoms with van der Waals surface area (Å²) in [5.41, 5.74) is 1.72. The van der Waals surface area contributed by atoms with Gasteiger partial charge < -0.3 is 5.11 Å². The number of phenols is 1. The fourth-order valence-electron chi connectivity index (χ4n) is 1.98. The number of benzene rings is 1. The lowest BCUT2D eigenvalue weighted by atomic mass is 10.1. The molecule has 0 aliphatic heterocycles. The molecule has 0 bridgehead atoms. The number of halogens is 1. The molecule has 1 atom stereocenters. The molecule has 1 aromatic carbocycles. The van der Waals surface area contributed by atoms with Crippen LogP contribution in [-0.4, -0.2) is 22.0 Å². The van der Waals surface area contributed by atoms with Crippen molar-refractivity contribution in [1.29, 1.82) is 0 Å². The van der Waals surface area contributed by atoms with Gasteiger partial charge in [0.05, 0.1) is 0 Å². The molecule has 2 aromatic rings. The third-order valence-corrected chi connectivity index (χ3v) is 3.31. The van der Waals surface area contributed by atoms with Gasteiger partial charge >= 0.3 is 0 Å². The highest BCUT2D eigenvalue weighted by Gasteiger charge is 2.13. The minimum Gasteiger partial charge on any atom is -0.508 e. The summed E-state index contributed by atoms with van der Waals surface area (Å²) < 4.78 is 13.2. The molecule has 1 N–H and O–H groups in total. The molecule has 0 unspecified atom stereocenters. The van der Waals surface area contributed by atoms with Crippen LogP contribution in [0.2, 0.25) is 0 Å². The highest BCUT2D eigenvalue weighted by atomic mass is 19.1. The quantitative estimate of drug-likeness (QED) is 0.917. The molecule has 4 heteroatoms. The molecule has 1 aromatic heterocycles. The first-order valence-electron chi connectivity index (χ1n) is 6.15. The first kappa shape index (κ1) is 13.5. The maximum absolute atomic E-state index is 13.2. The Kier molecular flexibility index (Phi) is 4.12. The molecule has 1 heterocycles. The van der Waals surface area contributed by atoms with E-state index in [0.717, 1.165) is 5.56 Å². The Hall–Kier alpha value is -1.94. The first-order chi connectivity index (χ1) is 9.08. The molecule has 0 saturated carbocycles. The standard InChI is InChI=1S/C15H17FN2O/c1-11(12-5-7-17-8-6-12)18(2)10-13-9-14(16)3-4-15(13)19/h3-9,11,19H,10H2,1-2H3/t11-/m1/s1. The summed E-state index contributed by atoms with van der Waals surface area (Å²) in [6.45, 7) is 2.54. The van der Waals surface area contributed by atoms with Crippen LogP contribution in [0.5, 0.6) is 5.75 Å². The van der Waals surface area contributed by atoms with Gasteiger partial charge in [-0.1, -0.05) is 0 Å². The van der Waals surface area contributed by atoms with Gasteiger partial charge in [-0.3, -0.25) is 9.88 Å². The fraction of sp³-hybridized carbons (Fsp3) is 0.267. The molecular formula is C15H17FN2O. The molecule has 0 radical (unpaired) electrons. The van der Waals surface area contributed by atoms with Crippen LogP contribution < -0.4 is 0 Å². The van der Waals surface area contributed by atoms with Crippen LogP contribution >= 0.6 is 0 Å². The normalized spacial score (nSPS) is 12.6. The van der Waals surface area contributed by atoms with Gasteiger partial charge in [-0.15, -0.1) is 0 Å². The van der Waals surface area contributed by atoms with E-state index in [2.05, 4.69) is 11.9 Å². The third kappa shape index (κ3) is 3.29. The van der Waals surface area contributed by atoms with Gasteiger partial charge in [-0.05, 0) is 49.9 Å². The van der Waals surface area contributed by atoms with E-state index in [1.165, 1.54) is 18.2 Å². The molecule has 0 saturated heterocycles. The van der Waals surface area contributed by atoms with Crippen LogP contribution in [0.25, 0.3) is 0 Å². The average Bonchev–Trinajstić information content (AvgIpc) is 2.43. The smallest absolute Gasteiger partial charge is 0.123 e. The van der Waals surface area contributed by atoms with Crippen LogP contribution in [0, 0.1) is 5.82 Å². The van der Waals surface area contributed by atoms with Crippen LogP contribution in [0.4, 0.5) is 4.39 Å². The largest absolute Gasteiger partial charge is 0.508 e. The zero-order valence-electron chi connectivity index (χ0n) is 11.0. The van der Waals surface area contributed by atoms with E-state index in [1.54, 1.807) is 12.4 Å². The van der Waals surface area contributed by atoms with Crippen molar-refractivity contribution in [3.05, 3.63) is 59.7 Å². The second-order valence-electron chi connectivity index (χ2n) is 4.64. The fourth-order valence-corrected chi connectivity index (χ4v) is 1.98. The summed E-state index contributed by atoms with van der Waals surface area (Å²) in [7, 11) is 1.94. The molecule has 0 amide bonds. The van der Waals surface area contributed by atoms with Crippen molar-refractivity contribution in [3.63, 3.8) is 0 Å². The highest BCUT2D eigenvalue weighted by Crippen LogP contribution is 2.24. The Morgan fingerprint density at radius 2 is 1.95 bits per heavy atom. The van der Waals surface area contributed by atoms with Crippen molar-refractivity contribution in [3.8, 4) is 5.75 Å². The number of phenolic OH excluding ortho intramolecular Hbond substituents is 1. The van der Waals surface area contributed by atoms with Gasteiger partial charge in [0, 0.05) is 30.5 Å². The lowest BCUT2D eigenvalue weighted by molar-refractivity contribution is 0.249. The van der Waals surface area contributed by atoms with Gasteiger partial charge in [0.2, 0.25) is 0 Å². The van der Waals surface area contributed by atoms with E-state index >= 15 is 0 Å². The van der Waals surface area contributed by atoms with Crippen LogP contribution in [0.3, 0.4) is 0 Å². The molecule has 3 nitrogen and oxygen atoms in total. The number of pyridine rings is 1. The van der Waals surface area contributed by atoms with Gasteiger partial charge in [0.15, 0.2) is 0 Å². The summed E-state index contributed by atoms with van der Waals surface area (Å²) in [5, 5.41) is 9.73. The maximum atomic E-state index is 13.2. The molecule has 2 rings (SSSR count). The molecule has 0 spiro atoms. The number of aromatic nitrogens is 1. The van der Waals surface area contributed by atoms with Crippen LogP contribution in [0.15, 0.2) is 42.7 Å². The Bertz CT molecular complexity index is 545. The number of hydrogen-bond acceptors (Lipinski definition) is 3. The van der Waals surface area contributed by atoms with E-state index < -0.39 is 0 Å². The van der Waals surface area contributed by atoms with Gasteiger partial charge in [0.1, 0.15) is 11.6 Å². The predicted molar refractivity (Wildman–Crippen MR) is 72.2 cm³/mol. The second-order valence-corrected chi connectivity index (χ2v) is 4.64. The zero-order chi connectivity index (χ0) is 13.8. The van der Waals surface area contributed by atoms with Crippen LogP contribution in [0.1, 0.15) is 24.1 Å². The van der Waals surface area contributed by atoms with E-state index in [1.807, 2.05) is 24.1 Å². The number of hydrogen-bond donors (Lipinski definition) is 1. The molecular weight excluding hydrogens is 243 g/mol. The average molecular weight is 260 g/mol. The number of aromatic hydroxyl groups is 1. The molecule has 0 aliphatic rings. The van der Waals surface area contributed by atoms with Crippen molar-refractivity contribution in [2.45, 2.75) is 19.5 Å². The Balaban J connectivity index is 2.12. The second kappa shape index (κ2) is 5.80. The monoisotopic (exact) mass is 260 g/mol. The number of rotatable bonds is 4. The Morgan fingerprint density at radius 1 is 1.26 bits per heavy atom. The maximum Gasteiger partial charge on any atom is 0.123 e. The molecule has 100 valence electrons. The van der Waals surface area contributed by atoms with Gasteiger partial charge in [-0.25, -0.2) is 4.39 Å². The summed E-state index contributed by atoms with van der Waals surface area (Å²) in [4.78, 5) is 6.03. The van der Waals surface area contributed by atoms with Crippen molar-refractivity contribution >= 4 is 0 Å². The molecule has 0 aliphatic carbocycles. The van der Waals surface area contributed by atoms with E-state index in [4.69, 9.17) is 0 Å². The van der Waals surface area contributed by atoms with E-state index in [-0.39, 0.29) is 17.6 Å². The predicted octanol–water partition coefficient (Wildman–Crippen LogP) is 3.12. The van der Waals surface area contributed by atoms with Crippen molar-refractivity contribution < 1.29 is 9.50 Å². The summed E-state index contributed by atoms with van der Waals surface area (Å²) >= 11 is 0. The highest BCUT2D eigenvalue weighted by molar-refractivity contribution is 5.32. The third-order valence-electron chi connectivity index (χ3n) is 3.31. The topological polar surface area (TPSA) is 36.4 Å². The summed E-state index contributed by atoms with van der Waals surface area (Å²) in [5.74, 6) is -0.215. The van der Waals surface area contributed by atoms with Crippen molar-refractivity contribution in [2.24, 2.45) is 0 Å². The zero-order valence-corrected chi connectivity index (χ0v) is 11.0. The Labute approximate surface area is 112 Å². The van der Waals surface area contributed by atoms with Crippen LogP contribution in [-0.2, 0) is 6.54 Å². The van der Waals surface area contributed by atoms with E-state index in [0.29, 0.717) is 12.1 Å². The Morgan fingerprint density at radius 3 is 2.63 bits per heavy atom. The number of nitrogens with zero attached hydrogens (tertiary/aromatic N) is 2. The lowest BCUT2D eigenvalue weighted by Crippen LogP contribution is -2.22. The van der Waals surface area contributed by atoms with Gasteiger partial charge in [0.25, 0.3) is 0 Å². The minimum absolute atomic E-state index is 0.121. The van der Waals surface area contributed by atoms with Crippen molar-refractivity contribution in [1.82, 2.24) is 9.88 Å². The first-order valence-corrected chi connectivity index (χ1v) is 6.15. The molecule has 0 fully saturated rings. The van der Waals surface area contributed by atoms with E-state index in [9.17, 15) is 9.50 Å². The SMILES string of the molecule is C[C@H](c1ccncc1)N(C)Cc1cc(F)ccc1O. The summed E-state index contributed by atoms with van der Waals surface area (Å²) in [6, 6.07) is 8.07. The van der Waals surface area contributed by atoms with Gasteiger partial charge in [-0.2, -0.15) is 0 Å². The summed E-state index contributed by atoms with van der Waals surface area (Å²) in [6.07, 6.45) is 3.50. The molecule has 19 heavy (non-hydrogen) atoms. The lowest BCUT2D eigenvalue weighted by Gasteiger charge is -2.25.